The van der Waals surface area contributed by atoms with Crippen LogP contribution in [-0.4, -0.2) is 24.9 Å². The maximum absolute atomic E-state index is 14.2. The van der Waals surface area contributed by atoms with E-state index in [9.17, 15) is 14.0 Å². The Balaban J connectivity index is 1.61. The normalized spacial score (nSPS) is 13.3. The van der Waals surface area contributed by atoms with E-state index >= 15 is 0 Å². The summed E-state index contributed by atoms with van der Waals surface area (Å²) < 4.78 is 14.2. The number of halogens is 1. The van der Waals surface area contributed by atoms with Crippen molar-refractivity contribution in [3.05, 3.63) is 59.9 Å². The van der Waals surface area contributed by atoms with Gasteiger partial charge in [-0.3, -0.25) is 9.59 Å². The lowest BCUT2D eigenvalue weighted by atomic mass is 10.2. The van der Waals surface area contributed by atoms with Crippen molar-refractivity contribution in [2.75, 3.05) is 13.1 Å². The number of carbonyl (C=O) groups excluding carboxylic acids is 2. The van der Waals surface area contributed by atoms with Gasteiger partial charge in [0, 0.05) is 23.9 Å². The van der Waals surface area contributed by atoms with Gasteiger partial charge in [-0.15, -0.1) is 0 Å². The summed E-state index contributed by atoms with van der Waals surface area (Å²) in [7, 11) is 0. The van der Waals surface area contributed by atoms with Crippen LogP contribution in [0.3, 0.4) is 0 Å². The molecule has 0 radical (unpaired) electrons. The SMILES string of the molecule is O=C(NCCNC(=O)C1CC1)c1cccc(F)c1Sc1ccccc1. The third-order valence-corrected chi connectivity index (χ3v) is 4.96. The number of nitrogens with one attached hydrogen (secondary N) is 2. The molecule has 2 aromatic carbocycles. The zero-order valence-electron chi connectivity index (χ0n) is 13.6. The zero-order valence-corrected chi connectivity index (χ0v) is 14.4. The van der Waals surface area contributed by atoms with Crippen molar-refractivity contribution in [2.24, 2.45) is 5.92 Å². The molecule has 3 rings (SSSR count). The minimum Gasteiger partial charge on any atom is -0.354 e. The molecular weight excluding hydrogens is 339 g/mol. The van der Waals surface area contributed by atoms with E-state index in [2.05, 4.69) is 10.6 Å². The van der Waals surface area contributed by atoms with Gasteiger partial charge in [-0.1, -0.05) is 36.0 Å². The first kappa shape index (κ1) is 17.5. The van der Waals surface area contributed by atoms with Crippen LogP contribution in [0, 0.1) is 11.7 Å². The summed E-state index contributed by atoms with van der Waals surface area (Å²) in [5, 5.41) is 5.52. The second-order valence-corrected chi connectivity index (χ2v) is 6.94. The molecule has 130 valence electrons. The third-order valence-electron chi connectivity index (χ3n) is 3.83. The highest BCUT2D eigenvalue weighted by molar-refractivity contribution is 7.99. The first-order valence-electron chi connectivity index (χ1n) is 8.22. The largest absolute Gasteiger partial charge is 0.354 e. The van der Waals surface area contributed by atoms with E-state index in [4.69, 9.17) is 0 Å². The highest BCUT2D eigenvalue weighted by Crippen LogP contribution is 2.32. The Kier molecular flexibility index (Phi) is 5.71. The smallest absolute Gasteiger partial charge is 0.252 e. The quantitative estimate of drug-likeness (QED) is 0.747. The molecule has 0 bridgehead atoms. The molecule has 0 spiro atoms. The highest BCUT2D eigenvalue weighted by Gasteiger charge is 2.29. The molecule has 0 atom stereocenters. The number of amides is 2. The summed E-state index contributed by atoms with van der Waals surface area (Å²) in [6.07, 6.45) is 1.89. The van der Waals surface area contributed by atoms with Crippen molar-refractivity contribution >= 4 is 23.6 Å². The average Bonchev–Trinajstić information content (AvgIpc) is 3.46. The van der Waals surface area contributed by atoms with Crippen LogP contribution in [0.2, 0.25) is 0 Å². The molecule has 0 heterocycles. The lowest BCUT2D eigenvalue weighted by Gasteiger charge is -2.11. The van der Waals surface area contributed by atoms with E-state index in [1.807, 2.05) is 30.3 Å². The third kappa shape index (κ3) is 4.82. The van der Waals surface area contributed by atoms with E-state index in [0.717, 1.165) is 17.7 Å². The van der Waals surface area contributed by atoms with Crippen LogP contribution in [-0.2, 0) is 4.79 Å². The summed E-state index contributed by atoms with van der Waals surface area (Å²) in [6, 6.07) is 13.8. The molecule has 2 amide bonds. The molecule has 6 heteroatoms. The van der Waals surface area contributed by atoms with Crippen molar-refractivity contribution in [1.82, 2.24) is 10.6 Å². The molecule has 1 fully saturated rings. The number of rotatable bonds is 7. The van der Waals surface area contributed by atoms with Crippen LogP contribution in [0.25, 0.3) is 0 Å². The molecule has 2 N–H and O–H groups in total. The van der Waals surface area contributed by atoms with E-state index in [1.165, 1.54) is 23.9 Å². The fraction of sp³-hybridized carbons (Fsp3) is 0.263. The molecule has 0 aliphatic heterocycles. The average molecular weight is 358 g/mol. The Morgan fingerprint density at radius 1 is 1.00 bits per heavy atom. The van der Waals surface area contributed by atoms with E-state index < -0.39 is 5.82 Å². The summed E-state index contributed by atoms with van der Waals surface area (Å²) in [6.45, 7) is 0.681. The Hall–Kier alpha value is -2.34. The Labute approximate surface area is 150 Å². The fourth-order valence-electron chi connectivity index (χ4n) is 2.34. The van der Waals surface area contributed by atoms with Gasteiger partial charge in [0.2, 0.25) is 5.91 Å². The number of hydrogen-bond acceptors (Lipinski definition) is 3. The van der Waals surface area contributed by atoms with Crippen molar-refractivity contribution in [3.63, 3.8) is 0 Å². The van der Waals surface area contributed by atoms with E-state index in [0.29, 0.717) is 23.5 Å². The maximum atomic E-state index is 14.2. The number of carbonyl (C=O) groups is 2. The Morgan fingerprint density at radius 3 is 2.44 bits per heavy atom. The van der Waals surface area contributed by atoms with Crippen LogP contribution < -0.4 is 10.6 Å². The molecule has 4 nitrogen and oxygen atoms in total. The van der Waals surface area contributed by atoms with Gasteiger partial charge < -0.3 is 10.6 Å². The van der Waals surface area contributed by atoms with E-state index in [1.54, 1.807) is 6.07 Å². The predicted molar refractivity (Wildman–Crippen MR) is 95.0 cm³/mol. The summed E-state index contributed by atoms with van der Waals surface area (Å²) in [5.74, 6) is -0.588. The van der Waals surface area contributed by atoms with Gasteiger partial charge in [0.05, 0.1) is 10.5 Å². The van der Waals surface area contributed by atoms with Crippen molar-refractivity contribution in [1.29, 1.82) is 0 Å². The second-order valence-electron chi connectivity index (χ2n) is 5.85. The first-order valence-corrected chi connectivity index (χ1v) is 9.04. The van der Waals surface area contributed by atoms with Crippen molar-refractivity contribution < 1.29 is 14.0 Å². The van der Waals surface area contributed by atoms with Gasteiger partial charge in [-0.2, -0.15) is 0 Å². The first-order chi connectivity index (χ1) is 12.1. The second kappa shape index (κ2) is 8.16. The topological polar surface area (TPSA) is 58.2 Å². The Morgan fingerprint density at radius 2 is 1.72 bits per heavy atom. The van der Waals surface area contributed by atoms with Crippen LogP contribution in [0.1, 0.15) is 23.2 Å². The lowest BCUT2D eigenvalue weighted by Crippen LogP contribution is -2.35. The lowest BCUT2D eigenvalue weighted by molar-refractivity contribution is -0.122. The van der Waals surface area contributed by atoms with Gasteiger partial charge in [0.25, 0.3) is 5.91 Å². The van der Waals surface area contributed by atoms with Gasteiger partial charge in [-0.25, -0.2) is 4.39 Å². The molecule has 0 saturated heterocycles. The monoisotopic (exact) mass is 358 g/mol. The molecule has 1 aliphatic carbocycles. The fourth-order valence-corrected chi connectivity index (χ4v) is 3.31. The van der Waals surface area contributed by atoms with Gasteiger partial charge in [0.15, 0.2) is 0 Å². The van der Waals surface area contributed by atoms with Crippen LogP contribution in [0.15, 0.2) is 58.3 Å². The maximum Gasteiger partial charge on any atom is 0.252 e. The molecule has 0 aromatic heterocycles. The van der Waals surface area contributed by atoms with Crippen LogP contribution in [0.5, 0.6) is 0 Å². The van der Waals surface area contributed by atoms with Gasteiger partial charge in [-0.05, 0) is 37.1 Å². The van der Waals surface area contributed by atoms with Crippen molar-refractivity contribution in [2.45, 2.75) is 22.6 Å². The van der Waals surface area contributed by atoms with Crippen LogP contribution in [0.4, 0.5) is 4.39 Å². The van der Waals surface area contributed by atoms with Gasteiger partial charge in [0.1, 0.15) is 5.82 Å². The van der Waals surface area contributed by atoms with Gasteiger partial charge >= 0.3 is 0 Å². The molecule has 25 heavy (non-hydrogen) atoms. The summed E-state index contributed by atoms with van der Waals surface area (Å²) in [5.41, 5.74) is 0.294. The summed E-state index contributed by atoms with van der Waals surface area (Å²) >= 11 is 1.22. The Bertz CT molecular complexity index is 763. The highest BCUT2D eigenvalue weighted by atomic mass is 32.2. The number of hydrogen-bond donors (Lipinski definition) is 2. The molecule has 1 saturated carbocycles. The summed E-state index contributed by atoms with van der Waals surface area (Å²) in [4.78, 5) is 25.1. The van der Waals surface area contributed by atoms with Crippen molar-refractivity contribution in [3.8, 4) is 0 Å². The minimum absolute atomic E-state index is 0.0420. The molecule has 2 aromatic rings. The predicted octanol–water partition coefficient (Wildman–Crippen LogP) is 3.23. The molecular formula is C19H19FN2O2S. The molecule has 1 aliphatic rings. The standard InChI is InChI=1S/C19H19FN2O2S/c20-16-8-4-7-15(17(16)25-14-5-2-1-3-6-14)19(24)22-12-11-21-18(23)13-9-10-13/h1-8,13H,9-12H2,(H,21,23)(H,22,24). The zero-order chi connectivity index (χ0) is 17.6. The van der Waals surface area contributed by atoms with Crippen LogP contribution >= 0.6 is 11.8 Å². The minimum atomic E-state index is -0.427. The van der Waals surface area contributed by atoms with E-state index in [-0.39, 0.29) is 17.7 Å². The number of benzene rings is 2. The molecule has 0 unspecified atom stereocenters.